The minimum atomic E-state index is -1.05. The van der Waals surface area contributed by atoms with Crippen LogP contribution >= 0.6 is 0 Å². The van der Waals surface area contributed by atoms with Gasteiger partial charge in [0.15, 0.2) is 6.29 Å². The topological polar surface area (TPSA) is 46.5 Å². The first-order valence-corrected chi connectivity index (χ1v) is 4.00. The molecule has 1 atom stereocenters. The number of rotatable bonds is 4. The predicted molar refractivity (Wildman–Crippen MR) is 46.4 cm³/mol. The van der Waals surface area contributed by atoms with Crippen molar-refractivity contribution in [2.45, 2.75) is 33.5 Å². The van der Waals surface area contributed by atoms with Crippen LogP contribution in [0.5, 0.6) is 0 Å². The molecular formula is C9H16O3. The minimum absolute atomic E-state index is 0.374. The molecule has 70 valence electrons. The molecule has 0 aromatic rings. The van der Waals surface area contributed by atoms with Gasteiger partial charge in [-0.2, -0.15) is 0 Å². The molecular weight excluding hydrogens is 156 g/mol. The lowest BCUT2D eigenvalue weighted by molar-refractivity contribution is -0.160. The van der Waals surface area contributed by atoms with E-state index in [1.54, 1.807) is 0 Å². The molecule has 0 aliphatic rings. The number of aliphatic hydroxyl groups is 1. The van der Waals surface area contributed by atoms with E-state index >= 15 is 0 Å². The number of carbonyl (C=O) groups excluding carboxylic acids is 1. The predicted octanol–water partition coefficient (Wildman–Crippen LogP) is 1.47. The largest absolute Gasteiger partial charge is 0.433 e. The number of hydrogen-bond acceptors (Lipinski definition) is 3. The number of ether oxygens (including phenoxy) is 1. The van der Waals surface area contributed by atoms with Gasteiger partial charge in [-0.1, -0.05) is 20.4 Å². The first-order valence-electron chi connectivity index (χ1n) is 4.00. The molecule has 0 amide bonds. The Bertz CT molecular complexity index is 151. The van der Waals surface area contributed by atoms with Gasteiger partial charge in [-0.15, -0.1) is 0 Å². The molecule has 0 heterocycles. The summed E-state index contributed by atoms with van der Waals surface area (Å²) >= 11 is 0. The molecule has 0 saturated heterocycles. The smallest absolute Gasteiger partial charge is 0.335 e. The van der Waals surface area contributed by atoms with E-state index < -0.39 is 12.3 Å². The van der Waals surface area contributed by atoms with Crippen molar-refractivity contribution in [3.63, 3.8) is 0 Å². The third kappa shape index (κ3) is 4.91. The van der Waals surface area contributed by atoms with Crippen molar-refractivity contribution in [1.82, 2.24) is 0 Å². The van der Waals surface area contributed by atoms with Crippen LogP contribution in [0, 0.1) is 5.92 Å². The first-order chi connectivity index (χ1) is 5.43. The summed E-state index contributed by atoms with van der Waals surface area (Å²) in [6, 6.07) is 0. The molecule has 1 unspecified atom stereocenters. The van der Waals surface area contributed by atoms with Crippen molar-refractivity contribution in [2.75, 3.05) is 0 Å². The van der Waals surface area contributed by atoms with Gasteiger partial charge in [-0.25, -0.2) is 4.79 Å². The fraction of sp³-hybridized carbons (Fsp3) is 0.667. The fourth-order valence-electron chi connectivity index (χ4n) is 0.814. The van der Waals surface area contributed by atoms with Crippen molar-refractivity contribution in [1.29, 1.82) is 0 Å². The minimum Gasteiger partial charge on any atom is -0.433 e. The average molecular weight is 172 g/mol. The zero-order valence-corrected chi connectivity index (χ0v) is 7.83. The highest BCUT2D eigenvalue weighted by atomic mass is 16.6. The molecule has 0 aromatic carbocycles. The molecule has 3 heteroatoms. The van der Waals surface area contributed by atoms with Crippen molar-refractivity contribution in [3.05, 3.63) is 12.2 Å². The third-order valence-corrected chi connectivity index (χ3v) is 1.22. The van der Waals surface area contributed by atoms with Crippen LogP contribution in [-0.2, 0) is 9.53 Å². The SMILES string of the molecule is C=C(CC(C)C)C(=O)OC(C)O. The second-order valence-electron chi connectivity index (χ2n) is 3.21. The van der Waals surface area contributed by atoms with Crippen LogP contribution in [0.1, 0.15) is 27.2 Å². The number of hydrogen-bond donors (Lipinski definition) is 1. The highest BCUT2D eigenvalue weighted by Gasteiger charge is 2.11. The summed E-state index contributed by atoms with van der Waals surface area (Å²) in [6.45, 7) is 8.93. The van der Waals surface area contributed by atoms with Gasteiger partial charge in [0.1, 0.15) is 0 Å². The molecule has 0 spiro atoms. The summed E-state index contributed by atoms with van der Waals surface area (Å²) in [5.41, 5.74) is 0.408. The summed E-state index contributed by atoms with van der Waals surface area (Å²) in [5.74, 6) is -0.141. The summed E-state index contributed by atoms with van der Waals surface area (Å²) < 4.78 is 4.53. The molecule has 0 aromatic heterocycles. The van der Waals surface area contributed by atoms with Crippen LogP contribution in [0.25, 0.3) is 0 Å². The van der Waals surface area contributed by atoms with Crippen LogP contribution in [0.4, 0.5) is 0 Å². The first kappa shape index (κ1) is 11.2. The van der Waals surface area contributed by atoms with Gasteiger partial charge in [0.25, 0.3) is 0 Å². The van der Waals surface area contributed by atoms with Gasteiger partial charge < -0.3 is 9.84 Å². The zero-order valence-electron chi connectivity index (χ0n) is 7.83. The molecule has 0 fully saturated rings. The Morgan fingerprint density at radius 3 is 2.33 bits per heavy atom. The summed E-state index contributed by atoms with van der Waals surface area (Å²) in [4.78, 5) is 11.0. The zero-order chi connectivity index (χ0) is 9.72. The van der Waals surface area contributed by atoms with E-state index in [-0.39, 0.29) is 0 Å². The van der Waals surface area contributed by atoms with E-state index in [1.807, 2.05) is 13.8 Å². The maximum Gasteiger partial charge on any atom is 0.335 e. The van der Waals surface area contributed by atoms with E-state index in [4.69, 9.17) is 5.11 Å². The van der Waals surface area contributed by atoms with E-state index in [0.717, 1.165) is 0 Å². The normalized spacial score (nSPS) is 12.8. The third-order valence-electron chi connectivity index (χ3n) is 1.22. The second-order valence-corrected chi connectivity index (χ2v) is 3.21. The Kier molecular flexibility index (Phi) is 4.59. The van der Waals surface area contributed by atoms with Crippen LogP contribution in [0.2, 0.25) is 0 Å². The molecule has 0 aliphatic heterocycles. The second kappa shape index (κ2) is 4.93. The summed E-state index contributed by atoms with van der Waals surface area (Å²) in [7, 11) is 0. The van der Waals surface area contributed by atoms with Gasteiger partial charge in [-0.3, -0.25) is 0 Å². The van der Waals surface area contributed by atoms with Gasteiger partial charge in [0.05, 0.1) is 0 Å². The van der Waals surface area contributed by atoms with Gasteiger partial charge >= 0.3 is 5.97 Å². The van der Waals surface area contributed by atoms with E-state index in [0.29, 0.717) is 17.9 Å². The monoisotopic (exact) mass is 172 g/mol. The molecule has 12 heavy (non-hydrogen) atoms. The Morgan fingerprint density at radius 2 is 2.00 bits per heavy atom. The average Bonchev–Trinajstić information content (AvgIpc) is 1.84. The maximum absolute atomic E-state index is 11.0. The van der Waals surface area contributed by atoms with Gasteiger partial charge in [0.2, 0.25) is 0 Å². The highest BCUT2D eigenvalue weighted by molar-refractivity contribution is 5.87. The number of esters is 1. The molecule has 3 nitrogen and oxygen atoms in total. The number of aliphatic hydroxyl groups excluding tert-OH is 1. The molecule has 0 radical (unpaired) electrons. The molecule has 0 bridgehead atoms. The lowest BCUT2D eigenvalue weighted by atomic mass is 10.1. The summed E-state index contributed by atoms with van der Waals surface area (Å²) in [5, 5.41) is 8.72. The molecule has 0 rings (SSSR count). The summed E-state index contributed by atoms with van der Waals surface area (Å²) in [6.07, 6.45) is -0.452. The van der Waals surface area contributed by atoms with Crippen molar-refractivity contribution in [3.8, 4) is 0 Å². The van der Waals surface area contributed by atoms with Crippen molar-refractivity contribution < 1.29 is 14.6 Å². The lowest BCUT2D eigenvalue weighted by Gasteiger charge is -2.10. The standard InChI is InChI=1S/C9H16O3/c1-6(2)5-7(3)9(11)12-8(4)10/h6,8,10H,3,5H2,1-2,4H3. The van der Waals surface area contributed by atoms with Crippen LogP contribution in [0.3, 0.4) is 0 Å². The van der Waals surface area contributed by atoms with Crippen LogP contribution < -0.4 is 0 Å². The van der Waals surface area contributed by atoms with Gasteiger partial charge in [0, 0.05) is 5.57 Å². The Balaban J connectivity index is 3.86. The Morgan fingerprint density at radius 1 is 1.50 bits per heavy atom. The maximum atomic E-state index is 11.0. The number of carbonyl (C=O) groups is 1. The Labute approximate surface area is 73.0 Å². The van der Waals surface area contributed by atoms with Crippen LogP contribution in [-0.4, -0.2) is 17.4 Å². The van der Waals surface area contributed by atoms with Gasteiger partial charge in [-0.05, 0) is 19.3 Å². The van der Waals surface area contributed by atoms with E-state index in [9.17, 15) is 4.79 Å². The fourth-order valence-corrected chi connectivity index (χ4v) is 0.814. The molecule has 0 saturated carbocycles. The van der Waals surface area contributed by atoms with Crippen molar-refractivity contribution in [2.24, 2.45) is 5.92 Å². The van der Waals surface area contributed by atoms with E-state index in [1.165, 1.54) is 6.92 Å². The Hall–Kier alpha value is -0.830. The van der Waals surface area contributed by atoms with E-state index in [2.05, 4.69) is 11.3 Å². The van der Waals surface area contributed by atoms with Crippen molar-refractivity contribution >= 4 is 5.97 Å². The van der Waals surface area contributed by atoms with Crippen LogP contribution in [0.15, 0.2) is 12.2 Å². The molecule has 1 N–H and O–H groups in total. The lowest BCUT2D eigenvalue weighted by Crippen LogP contribution is -2.16. The highest BCUT2D eigenvalue weighted by Crippen LogP contribution is 2.10. The quantitative estimate of drug-likeness (QED) is 0.397. The molecule has 0 aliphatic carbocycles.